The highest BCUT2D eigenvalue weighted by Gasteiger charge is 2.23. The first-order chi connectivity index (χ1) is 10.3. The molecule has 1 aliphatic rings. The Bertz CT molecular complexity index is 586. The van der Waals surface area contributed by atoms with Gasteiger partial charge in [-0.15, -0.1) is 0 Å². The van der Waals surface area contributed by atoms with Crippen LogP contribution in [0.4, 0.5) is 0 Å². The minimum atomic E-state index is 0.0869. The minimum absolute atomic E-state index is 0.0869. The molecule has 0 aliphatic heterocycles. The number of rotatable bonds is 7. The smallest absolute Gasteiger partial charge is 0.166 e. The molecule has 108 valence electrons. The van der Waals surface area contributed by atoms with Gasteiger partial charge in [-0.2, -0.15) is 0 Å². The number of hydrogen-bond donors (Lipinski definition) is 0. The summed E-state index contributed by atoms with van der Waals surface area (Å²) in [6.45, 7) is 0.392. The topological polar surface area (TPSA) is 35.5 Å². The zero-order chi connectivity index (χ0) is 14.5. The first-order valence-corrected chi connectivity index (χ1v) is 7.29. The van der Waals surface area contributed by atoms with E-state index >= 15 is 0 Å². The van der Waals surface area contributed by atoms with E-state index in [0.29, 0.717) is 24.7 Å². The van der Waals surface area contributed by atoms with Crippen molar-refractivity contribution in [3.63, 3.8) is 0 Å². The van der Waals surface area contributed by atoms with Crippen LogP contribution in [0.25, 0.3) is 0 Å². The molecule has 1 saturated carbocycles. The monoisotopic (exact) mass is 282 g/mol. The van der Waals surface area contributed by atoms with Crippen LogP contribution < -0.4 is 9.47 Å². The highest BCUT2D eigenvalue weighted by molar-refractivity contribution is 5.96. The third-order valence-electron chi connectivity index (χ3n) is 3.34. The molecule has 0 unspecified atom stereocenters. The normalized spacial score (nSPS) is 13.7. The Morgan fingerprint density at radius 1 is 0.952 bits per heavy atom. The molecule has 3 nitrogen and oxygen atoms in total. The standard InChI is InChI=1S/C18H18O3/c19-18(12-13-20-15-4-2-1-3-5-15)14-6-8-16(9-7-14)21-17-10-11-17/h1-9,17H,10-13H2. The van der Waals surface area contributed by atoms with Gasteiger partial charge in [-0.05, 0) is 49.2 Å². The van der Waals surface area contributed by atoms with E-state index in [0.717, 1.165) is 24.3 Å². The fourth-order valence-electron chi connectivity index (χ4n) is 2.02. The molecule has 0 radical (unpaired) electrons. The molecule has 2 aromatic carbocycles. The van der Waals surface area contributed by atoms with Gasteiger partial charge in [-0.25, -0.2) is 0 Å². The number of hydrogen-bond acceptors (Lipinski definition) is 3. The molecular formula is C18H18O3. The van der Waals surface area contributed by atoms with E-state index in [9.17, 15) is 4.79 Å². The molecule has 0 spiro atoms. The van der Waals surface area contributed by atoms with Crippen LogP contribution in [0.1, 0.15) is 29.6 Å². The van der Waals surface area contributed by atoms with Gasteiger partial charge < -0.3 is 9.47 Å². The summed E-state index contributed by atoms with van der Waals surface area (Å²) in [5.74, 6) is 1.72. The van der Waals surface area contributed by atoms with Crippen molar-refractivity contribution >= 4 is 5.78 Å². The van der Waals surface area contributed by atoms with Gasteiger partial charge in [0.2, 0.25) is 0 Å². The van der Waals surface area contributed by atoms with Crippen LogP contribution in [0.15, 0.2) is 54.6 Å². The second kappa shape index (κ2) is 6.44. The van der Waals surface area contributed by atoms with Gasteiger partial charge in [0, 0.05) is 12.0 Å². The highest BCUT2D eigenvalue weighted by Crippen LogP contribution is 2.26. The number of para-hydroxylation sites is 1. The molecule has 0 saturated heterocycles. The Morgan fingerprint density at radius 3 is 2.33 bits per heavy atom. The molecule has 0 aromatic heterocycles. The second-order valence-electron chi connectivity index (χ2n) is 5.18. The van der Waals surface area contributed by atoms with E-state index in [1.54, 1.807) is 0 Å². The summed E-state index contributed by atoms with van der Waals surface area (Å²) in [6, 6.07) is 16.9. The Kier molecular flexibility index (Phi) is 4.20. The van der Waals surface area contributed by atoms with Crippen molar-refractivity contribution < 1.29 is 14.3 Å². The summed E-state index contributed by atoms with van der Waals surface area (Å²) in [5, 5.41) is 0. The Morgan fingerprint density at radius 2 is 1.67 bits per heavy atom. The molecule has 0 amide bonds. The zero-order valence-electron chi connectivity index (χ0n) is 11.8. The summed E-state index contributed by atoms with van der Waals surface area (Å²) in [7, 11) is 0. The predicted octanol–water partition coefficient (Wildman–Crippen LogP) is 3.88. The fourth-order valence-corrected chi connectivity index (χ4v) is 2.02. The Hall–Kier alpha value is -2.29. The van der Waals surface area contributed by atoms with Crippen LogP contribution in [-0.2, 0) is 0 Å². The van der Waals surface area contributed by atoms with E-state index in [4.69, 9.17) is 9.47 Å². The maximum atomic E-state index is 12.1. The van der Waals surface area contributed by atoms with E-state index in [1.807, 2.05) is 54.6 Å². The quantitative estimate of drug-likeness (QED) is 0.723. The molecule has 2 aromatic rings. The van der Waals surface area contributed by atoms with Crippen molar-refractivity contribution in [1.29, 1.82) is 0 Å². The van der Waals surface area contributed by atoms with E-state index in [-0.39, 0.29) is 5.78 Å². The van der Waals surface area contributed by atoms with Gasteiger partial charge in [0.05, 0.1) is 12.7 Å². The lowest BCUT2D eigenvalue weighted by Gasteiger charge is -2.07. The molecule has 1 aliphatic carbocycles. The summed E-state index contributed by atoms with van der Waals surface area (Å²) in [6.07, 6.45) is 3.03. The maximum Gasteiger partial charge on any atom is 0.166 e. The predicted molar refractivity (Wildman–Crippen MR) is 81.0 cm³/mol. The van der Waals surface area contributed by atoms with E-state index in [1.165, 1.54) is 0 Å². The Labute approximate surface area is 124 Å². The number of Topliss-reactive ketones (excluding diaryl/α,β-unsaturated/α-hetero) is 1. The lowest BCUT2D eigenvalue weighted by Crippen LogP contribution is -2.06. The molecule has 0 bridgehead atoms. The van der Waals surface area contributed by atoms with Gasteiger partial charge >= 0.3 is 0 Å². The summed E-state index contributed by atoms with van der Waals surface area (Å²) in [4.78, 5) is 12.1. The van der Waals surface area contributed by atoms with Crippen LogP contribution in [0, 0.1) is 0 Å². The molecule has 3 heteroatoms. The van der Waals surface area contributed by atoms with Crippen molar-refractivity contribution in [3.8, 4) is 11.5 Å². The molecule has 21 heavy (non-hydrogen) atoms. The molecule has 3 rings (SSSR count). The lowest BCUT2D eigenvalue weighted by molar-refractivity contribution is 0.0962. The van der Waals surface area contributed by atoms with Gasteiger partial charge in [0.1, 0.15) is 11.5 Å². The molecular weight excluding hydrogens is 264 g/mol. The summed E-state index contributed by atoms with van der Waals surface area (Å²) in [5.41, 5.74) is 0.704. The van der Waals surface area contributed by atoms with Crippen molar-refractivity contribution in [2.75, 3.05) is 6.61 Å². The first kappa shape index (κ1) is 13.7. The number of carbonyl (C=O) groups excluding carboxylic acids is 1. The van der Waals surface area contributed by atoms with Crippen LogP contribution in [0.3, 0.4) is 0 Å². The molecule has 0 atom stereocenters. The van der Waals surface area contributed by atoms with E-state index in [2.05, 4.69) is 0 Å². The van der Waals surface area contributed by atoms with Gasteiger partial charge in [0.15, 0.2) is 5.78 Å². The first-order valence-electron chi connectivity index (χ1n) is 7.29. The van der Waals surface area contributed by atoms with Gasteiger partial charge in [-0.1, -0.05) is 18.2 Å². The van der Waals surface area contributed by atoms with Crippen molar-refractivity contribution in [2.45, 2.75) is 25.4 Å². The Balaban J connectivity index is 1.48. The number of ketones is 1. The SMILES string of the molecule is O=C(CCOc1ccccc1)c1ccc(OC2CC2)cc1. The van der Waals surface area contributed by atoms with Gasteiger partial charge in [0.25, 0.3) is 0 Å². The molecule has 1 fully saturated rings. The third-order valence-corrected chi connectivity index (χ3v) is 3.34. The summed E-state index contributed by atoms with van der Waals surface area (Å²) >= 11 is 0. The minimum Gasteiger partial charge on any atom is -0.493 e. The average molecular weight is 282 g/mol. The van der Waals surface area contributed by atoms with Crippen LogP contribution in [0.2, 0.25) is 0 Å². The van der Waals surface area contributed by atoms with Crippen LogP contribution in [-0.4, -0.2) is 18.5 Å². The largest absolute Gasteiger partial charge is 0.493 e. The van der Waals surface area contributed by atoms with Gasteiger partial charge in [-0.3, -0.25) is 4.79 Å². The van der Waals surface area contributed by atoms with Crippen LogP contribution in [0.5, 0.6) is 11.5 Å². The summed E-state index contributed by atoms with van der Waals surface area (Å²) < 4.78 is 11.2. The van der Waals surface area contributed by atoms with Crippen molar-refractivity contribution in [3.05, 3.63) is 60.2 Å². The second-order valence-corrected chi connectivity index (χ2v) is 5.18. The molecule has 0 N–H and O–H groups in total. The highest BCUT2D eigenvalue weighted by atomic mass is 16.5. The molecule has 0 heterocycles. The third kappa shape index (κ3) is 4.09. The average Bonchev–Trinajstić information content (AvgIpc) is 3.33. The number of carbonyl (C=O) groups is 1. The maximum absolute atomic E-state index is 12.1. The van der Waals surface area contributed by atoms with E-state index < -0.39 is 0 Å². The fraction of sp³-hybridized carbons (Fsp3) is 0.278. The number of benzene rings is 2. The zero-order valence-corrected chi connectivity index (χ0v) is 11.8. The number of ether oxygens (including phenoxy) is 2. The van der Waals surface area contributed by atoms with Crippen LogP contribution >= 0.6 is 0 Å². The van der Waals surface area contributed by atoms with Crippen molar-refractivity contribution in [1.82, 2.24) is 0 Å². The lowest BCUT2D eigenvalue weighted by atomic mass is 10.1. The van der Waals surface area contributed by atoms with Crippen molar-refractivity contribution in [2.24, 2.45) is 0 Å².